The molecule has 1 N–H and O–H groups in total. The van der Waals surface area contributed by atoms with E-state index in [0.717, 1.165) is 40.9 Å². The smallest absolute Gasteiger partial charge is 0.235 e. The molecule has 0 bridgehead atoms. The van der Waals surface area contributed by atoms with Crippen molar-refractivity contribution in [3.63, 3.8) is 0 Å². The SMILES string of the molecule is O=S(=O)(Nc1ccc2nc(-c3ccccc3)c(-c3ccccc3)nc2c1)C1CC1. The van der Waals surface area contributed by atoms with E-state index >= 15 is 0 Å². The van der Waals surface area contributed by atoms with E-state index in [1.165, 1.54) is 0 Å². The molecule has 0 aliphatic heterocycles. The molecule has 1 saturated carbocycles. The van der Waals surface area contributed by atoms with Gasteiger partial charge in [-0.15, -0.1) is 0 Å². The Bertz CT molecular complexity index is 1290. The lowest BCUT2D eigenvalue weighted by Crippen LogP contribution is -2.17. The normalized spacial score (nSPS) is 14.1. The van der Waals surface area contributed by atoms with Crippen LogP contribution in [0.4, 0.5) is 5.69 Å². The third-order valence-corrected chi connectivity index (χ3v) is 6.85. The van der Waals surface area contributed by atoms with Crippen LogP contribution in [0.5, 0.6) is 0 Å². The summed E-state index contributed by atoms with van der Waals surface area (Å²) in [5.74, 6) is 0. The number of sulfonamides is 1. The van der Waals surface area contributed by atoms with Crippen LogP contribution < -0.4 is 4.72 Å². The van der Waals surface area contributed by atoms with Gasteiger partial charge in [0.1, 0.15) is 0 Å². The topological polar surface area (TPSA) is 72.0 Å². The summed E-state index contributed by atoms with van der Waals surface area (Å²) in [6, 6.07) is 25.2. The molecule has 1 aliphatic carbocycles. The molecule has 0 spiro atoms. The predicted molar refractivity (Wildman–Crippen MR) is 116 cm³/mol. The lowest BCUT2D eigenvalue weighted by molar-refractivity contribution is 0.600. The molecule has 1 aliphatic rings. The van der Waals surface area contributed by atoms with Crippen LogP contribution in [0.2, 0.25) is 0 Å². The quantitative estimate of drug-likeness (QED) is 0.518. The molecule has 0 unspecified atom stereocenters. The molecule has 4 aromatic rings. The van der Waals surface area contributed by atoms with Gasteiger partial charge in [0.05, 0.1) is 33.4 Å². The number of anilines is 1. The van der Waals surface area contributed by atoms with Gasteiger partial charge in [0.15, 0.2) is 0 Å². The second-order valence-corrected chi connectivity index (χ2v) is 9.16. The summed E-state index contributed by atoms with van der Waals surface area (Å²) in [5, 5.41) is -0.274. The Morgan fingerprint density at radius 1 is 0.724 bits per heavy atom. The van der Waals surface area contributed by atoms with E-state index in [1.807, 2.05) is 66.7 Å². The maximum Gasteiger partial charge on any atom is 0.235 e. The van der Waals surface area contributed by atoms with Crippen molar-refractivity contribution in [2.45, 2.75) is 18.1 Å². The van der Waals surface area contributed by atoms with Crippen molar-refractivity contribution >= 4 is 26.7 Å². The van der Waals surface area contributed by atoms with Gasteiger partial charge in [-0.05, 0) is 31.0 Å². The fourth-order valence-corrected chi connectivity index (χ4v) is 4.72. The van der Waals surface area contributed by atoms with Crippen molar-refractivity contribution in [2.24, 2.45) is 0 Å². The van der Waals surface area contributed by atoms with Crippen LogP contribution in [-0.2, 0) is 10.0 Å². The summed E-state index contributed by atoms with van der Waals surface area (Å²) < 4.78 is 27.2. The maximum atomic E-state index is 12.3. The summed E-state index contributed by atoms with van der Waals surface area (Å²) in [4.78, 5) is 9.74. The van der Waals surface area contributed by atoms with E-state index in [4.69, 9.17) is 9.97 Å². The standard InChI is InChI=1S/C23H19N3O2S/c27-29(28,19-12-13-19)26-18-11-14-20-21(15-18)25-23(17-9-5-2-6-10-17)22(24-20)16-7-3-1-4-8-16/h1-11,14-15,19,26H,12-13H2. The van der Waals surface area contributed by atoms with Crippen LogP contribution in [0.25, 0.3) is 33.5 Å². The van der Waals surface area contributed by atoms with Gasteiger partial charge >= 0.3 is 0 Å². The number of rotatable bonds is 5. The van der Waals surface area contributed by atoms with E-state index in [0.29, 0.717) is 11.2 Å². The molecular formula is C23H19N3O2S. The van der Waals surface area contributed by atoms with E-state index in [2.05, 4.69) is 4.72 Å². The van der Waals surface area contributed by atoms with E-state index in [-0.39, 0.29) is 5.25 Å². The number of aromatic nitrogens is 2. The second kappa shape index (κ2) is 6.97. The Kier molecular flexibility index (Phi) is 4.28. The lowest BCUT2D eigenvalue weighted by Gasteiger charge is -2.12. The number of nitrogens with zero attached hydrogens (tertiary/aromatic N) is 2. The minimum absolute atomic E-state index is 0.274. The first-order valence-corrected chi connectivity index (χ1v) is 11.1. The van der Waals surface area contributed by atoms with Crippen LogP contribution in [0.15, 0.2) is 78.9 Å². The average molecular weight is 401 g/mol. The van der Waals surface area contributed by atoms with Crippen molar-refractivity contribution in [2.75, 3.05) is 4.72 Å². The molecule has 5 nitrogen and oxygen atoms in total. The molecule has 0 radical (unpaired) electrons. The van der Waals surface area contributed by atoms with Crippen molar-refractivity contribution in [3.05, 3.63) is 78.9 Å². The Labute approximate surface area is 169 Å². The molecule has 1 aromatic heterocycles. The summed E-state index contributed by atoms with van der Waals surface area (Å²) in [6.07, 6.45) is 1.45. The van der Waals surface area contributed by atoms with Crippen molar-refractivity contribution < 1.29 is 8.42 Å². The Hall–Kier alpha value is -3.25. The zero-order valence-electron chi connectivity index (χ0n) is 15.6. The summed E-state index contributed by atoms with van der Waals surface area (Å²) in [7, 11) is -3.32. The van der Waals surface area contributed by atoms with Crippen LogP contribution in [0, 0.1) is 0 Å². The molecule has 1 heterocycles. The van der Waals surface area contributed by atoms with Gasteiger partial charge in [-0.1, -0.05) is 60.7 Å². The van der Waals surface area contributed by atoms with Crippen LogP contribution in [0.3, 0.4) is 0 Å². The molecular weight excluding hydrogens is 382 g/mol. The lowest BCUT2D eigenvalue weighted by atomic mass is 10.0. The minimum Gasteiger partial charge on any atom is -0.283 e. The first-order chi connectivity index (χ1) is 14.1. The van der Waals surface area contributed by atoms with Gasteiger partial charge < -0.3 is 0 Å². The predicted octanol–water partition coefficient (Wildman–Crippen LogP) is 4.87. The van der Waals surface area contributed by atoms with Crippen molar-refractivity contribution in [1.82, 2.24) is 9.97 Å². The molecule has 1 fully saturated rings. The average Bonchev–Trinajstić information content (AvgIpc) is 3.60. The van der Waals surface area contributed by atoms with Gasteiger partial charge in [-0.25, -0.2) is 18.4 Å². The molecule has 0 atom stereocenters. The molecule has 144 valence electrons. The van der Waals surface area contributed by atoms with Crippen LogP contribution in [0.1, 0.15) is 12.8 Å². The summed E-state index contributed by atoms with van der Waals surface area (Å²) >= 11 is 0. The van der Waals surface area contributed by atoms with Gasteiger partial charge in [0.25, 0.3) is 0 Å². The molecule has 6 heteroatoms. The van der Waals surface area contributed by atoms with Crippen molar-refractivity contribution in [1.29, 1.82) is 0 Å². The van der Waals surface area contributed by atoms with Gasteiger partial charge in [0, 0.05) is 11.1 Å². The summed E-state index contributed by atoms with van der Waals surface area (Å²) in [5.41, 5.74) is 5.41. The molecule has 0 saturated heterocycles. The van der Waals surface area contributed by atoms with Crippen LogP contribution >= 0.6 is 0 Å². The Morgan fingerprint density at radius 3 is 1.83 bits per heavy atom. The van der Waals surface area contributed by atoms with Gasteiger partial charge in [-0.2, -0.15) is 0 Å². The zero-order valence-corrected chi connectivity index (χ0v) is 16.4. The first kappa shape index (κ1) is 17.8. The molecule has 5 rings (SSSR count). The zero-order chi connectivity index (χ0) is 19.8. The van der Waals surface area contributed by atoms with Crippen molar-refractivity contribution in [3.8, 4) is 22.5 Å². The maximum absolute atomic E-state index is 12.3. The molecule has 0 amide bonds. The summed E-state index contributed by atoms with van der Waals surface area (Å²) in [6.45, 7) is 0. The Balaban J connectivity index is 1.66. The van der Waals surface area contributed by atoms with Crippen LogP contribution in [-0.4, -0.2) is 23.6 Å². The molecule has 3 aromatic carbocycles. The highest BCUT2D eigenvalue weighted by molar-refractivity contribution is 7.93. The number of fused-ring (bicyclic) bond motifs is 1. The van der Waals surface area contributed by atoms with E-state index in [1.54, 1.807) is 12.1 Å². The highest BCUT2D eigenvalue weighted by Crippen LogP contribution is 2.33. The minimum atomic E-state index is -3.32. The first-order valence-electron chi connectivity index (χ1n) is 9.54. The van der Waals surface area contributed by atoms with E-state index < -0.39 is 10.0 Å². The van der Waals surface area contributed by atoms with Gasteiger partial charge in [-0.3, -0.25) is 4.72 Å². The monoisotopic (exact) mass is 401 g/mol. The number of benzene rings is 3. The molecule has 29 heavy (non-hydrogen) atoms. The van der Waals surface area contributed by atoms with Gasteiger partial charge in [0.2, 0.25) is 10.0 Å². The fourth-order valence-electron chi connectivity index (χ4n) is 3.34. The number of nitrogens with one attached hydrogen (secondary N) is 1. The third-order valence-electron chi connectivity index (χ3n) is 4.98. The Morgan fingerprint density at radius 2 is 1.28 bits per heavy atom. The number of hydrogen-bond acceptors (Lipinski definition) is 4. The largest absolute Gasteiger partial charge is 0.283 e. The van der Waals surface area contributed by atoms with E-state index in [9.17, 15) is 8.42 Å². The highest BCUT2D eigenvalue weighted by Gasteiger charge is 2.35. The fraction of sp³-hybridized carbons (Fsp3) is 0.130. The highest BCUT2D eigenvalue weighted by atomic mass is 32.2. The second-order valence-electron chi connectivity index (χ2n) is 7.20. The third kappa shape index (κ3) is 3.59. The number of hydrogen-bond donors (Lipinski definition) is 1.